The smallest absolute Gasteiger partial charge is 0.146 e. The lowest BCUT2D eigenvalue weighted by Gasteiger charge is -2.16. The number of benzene rings is 1. The van der Waals surface area contributed by atoms with Crippen molar-refractivity contribution in [1.29, 1.82) is 0 Å². The van der Waals surface area contributed by atoms with Crippen molar-refractivity contribution in [3.63, 3.8) is 0 Å². The van der Waals surface area contributed by atoms with Crippen LogP contribution in [0.25, 0.3) is 0 Å². The molecule has 100 valence electrons. The summed E-state index contributed by atoms with van der Waals surface area (Å²) < 4.78 is 19.7. The van der Waals surface area contributed by atoms with Crippen LogP contribution in [0.15, 0.2) is 24.3 Å². The quantitative estimate of drug-likeness (QED) is 0.890. The monoisotopic (exact) mass is 297 g/mol. The Labute approximate surface area is 120 Å². The maximum absolute atomic E-state index is 13.8. The van der Waals surface area contributed by atoms with Gasteiger partial charge in [0.25, 0.3) is 0 Å². The molecular formula is C14H13ClFNOS. The molecule has 2 aromatic rings. The number of fused-ring (bicyclic) bond motifs is 1. The Morgan fingerprint density at radius 1 is 1.42 bits per heavy atom. The molecule has 0 amide bonds. The number of methoxy groups -OCH3 is 1. The number of hydrogen-bond acceptors (Lipinski definition) is 3. The first kappa shape index (κ1) is 12.8. The third-order valence-corrected chi connectivity index (χ3v) is 4.69. The minimum atomic E-state index is -0.268. The highest BCUT2D eigenvalue weighted by atomic mass is 35.5. The van der Waals surface area contributed by atoms with E-state index in [2.05, 4.69) is 5.32 Å². The molecule has 5 heteroatoms. The second-order valence-corrected chi connectivity index (χ2v) is 6.28. The Hall–Kier alpha value is -1.26. The average molecular weight is 298 g/mol. The zero-order valence-corrected chi connectivity index (χ0v) is 11.9. The zero-order chi connectivity index (χ0) is 13.4. The topological polar surface area (TPSA) is 21.3 Å². The molecule has 1 aliphatic carbocycles. The molecule has 3 rings (SSSR count). The van der Waals surface area contributed by atoms with Crippen molar-refractivity contribution in [3.8, 4) is 5.75 Å². The van der Waals surface area contributed by atoms with Gasteiger partial charge < -0.3 is 10.1 Å². The SMILES string of the molecule is COc1ccc(F)c(NC2CCc3sc(Cl)cc32)c1. The van der Waals surface area contributed by atoms with Crippen LogP contribution in [-0.4, -0.2) is 7.11 Å². The molecule has 0 saturated heterocycles. The summed E-state index contributed by atoms with van der Waals surface area (Å²) in [5.74, 6) is 0.376. The van der Waals surface area contributed by atoms with E-state index >= 15 is 0 Å². The second-order valence-electron chi connectivity index (χ2n) is 4.51. The number of aryl methyl sites for hydroxylation is 1. The van der Waals surface area contributed by atoms with Gasteiger partial charge in [-0.1, -0.05) is 11.6 Å². The van der Waals surface area contributed by atoms with E-state index in [1.165, 1.54) is 16.5 Å². The van der Waals surface area contributed by atoms with Crippen molar-refractivity contribution >= 4 is 28.6 Å². The van der Waals surface area contributed by atoms with Gasteiger partial charge in [-0.3, -0.25) is 0 Å². The van der Waals surface area contributed by atoms with Crippen LogP contribution in [0.1, 0.15) is 22.9 Å². The predicted molar refractivity (Wildman–Crippen MR) is 77.0 cm³/mol. The summed E-state index contributed by atoms with van der Waals surface area (Å²) in [6.45, 7) is 0. The molecule has 0 aliphatic heterocycles. The molecule has 0 fully saturated rings. The van der Waals surface area contributed by atoms with Gasteiger partial charge in [0, 0.05) is 10.9 Å². The van der Waals surface area contributed by atoms with Crippen LogP contribution in [0.4, 0.5) is 10.1 Å². The zero-order valence-electron chi connectivity index (χ0n) is 10.4. The molecule has 0 radical (unpaired) electrons. The number of ether oxygens (including phenoxy) is 1. The summed E-state index contributed by atoms with van der Waals surface area (Å²) in [6, 6.07) is 6.81. The van der Waals surface area contributed by atoms with Gasteiger partial charge in [-0.05, 0) is 36.6 Å². The van der Waals surface area contributed by atoms with Crippen LogP contribution in [0, 0.1) is 5.82 Å². The van der Waals surface area contributed by atoms with Crippen LogP contribution < -0.4 is 10.1 Å². The van der Waals surface area contributed by atoms with Gasteiger partial charge in [0.15, 0.2) is 0 Å². The molecule has 0 saturated carbocycles. The molecule has 1 aliphatic rings. The van der Waals surface area contributed by atoms with Crippen LogP contribution in [0.2, 0.25) is 4.34 Å². The Bertz CT molecular complexity index is 613. The van der Waals surface area contributed by atoms with E-state index in [9.17, 15) is 4.39 Å². The number of thiophene rings is 1. The highest BCUT2D eigenvalue weighted by Crippen LogP contribution is 2.41. The summed E-state index contributed by atoms with van der Waals surface area (Å²) >= 11 is 7.63. The number of anilines is 1. The summed E-state index contributed by atoms with van der Waals surface area (Å²) in [5, 5.41) is 3.25. The van der Waals surface area contributed by atoms with Gasteiger partial charge in [-0.25, -0.2) is 4.39 Å². The van der Waals surface area contributed by atoms with Crippen LogP contribution in [-0.2, 0) is 6.42 Å². The minimum Gasteiger partial charge on any atom is -0.497 e. The summed E-state index contributed by atoms with van der Waals surface area (Å²) in [6.07, 6.45) is 1.96. The molecule has 2 nitrogen and oxygen atoms in total. The molecule has 1 N–H and O–H groups in total. The van der Waals surface area contributed by atoms with Crippen molar-refractivity contribution in [2.24, 2.45) is 0 Å². The van der Waals surface area contributed by atoms with Gasteiger partial charge in [-0.2, -0.15) is 0 Å². The lowest BCUT2D eigenvalue weighted by molar-refractivity contribution is 0.414. The first-order valence-electron chi connectivity index (χ1n) is 6.05. The van der Waals surface area contributed by atoms with Crippen LogP contribution in [0.3, 0.4) is 0 Å². The van der Waals surface area contributed by atoms with Crippen molar-refractivity contribution in [3.05, 3.63) is 44.9 Å². The summed E-state index contributed by atoms with van der Waals surface area (Å²) in [7, 11) is 1.57. The number of hydrogen-bond donors (Lipinski definition) is 1. The Morgan fingerprint density at radius 2 is 2.26 bits per heavy atom. The largest absolute Gasteiger partial charge is 0.497 e. The van der Waals surface area contributed by atoms with Gasteiger partial charge in [-0.15, -0.1) is 11.3 Å². The predicted octanol–water partition coefficient (Wildman–Crippen LogP) is 4.65. The van der Waals surface area contributed by atoms with E-state index in [1.54, 1.807) is 30.6 Å². The normalized spacial score (nSPS) is 17.3. The average Bonchev–Trinajstić information content (AvgIpc) is 2.92. The highest BCUT2D eigenvalue weighted by Gasteiger charge is 2.25. The Morgan fingerprint density at radius 3 is 3.05 bits per heavy atom. The number of rotatable bonds is 3. The molecule has 1 aromatic heterocycles. The van der Waals surface area contributed by atoms with E-state index < -0.39 is 0 Å². The van der Waals surface area contributed by atoms with Crippen LogP contribution in [0.5, 0.6) is 5.75 Å². The molecule has 1 atom stereocenters. The second kappa shape index (κ2) is 5.02. The van der Waals surface area contributed by atoms with Crippen LogP contribution >= 0.6 is 22.9 Å². The van der Waals surface area contributed by atoms with E-state index in [4.69, 9.17) is 16.3 Å². The summed E-state index contributed by atoms with van der Waals surface area (Å²) in [4.78, 5) is 1.30. The standard InChI is InChI=1S/C14H13ClFNOS/c1-18-8-2-3-10(16)12(6-8)17-11-4-5-13-9(11)7-14(15)19-13/h2-3,6-7,11,17H,4-5H2,1H3. The highest BCUT2D eigenvalue weighted by molar-refractivity contribution is 7.16. The first-order valence-corrected chi connectivity index (χ1v) is 7.25. The molecule has 1 unspecified atom stereocenters. The van der Waals surface area contributed by atoms with Gasteiger partial charge in [0.1, 0.15) is 11.6 Å². The third kappa shape index (κ3) is 2.42. The van der Waals surface area contributed by atoms with E-state index in [-0.39, 0.29) is 11.9 Å². The molecule has 0 spiro atoms. The Balaban J connectivity index is 1.86. The number of halogens is 2. The fourth-order valence-corrected chi connectivity index (χ4v) is 3.77. The molecule has 0 bridgehead atoms. The van der Waals surface area contributed by atoms with Crippen molar-refractivity contribution in [2.45, 2.75) is 18.9 Å². The van der Waals surface area contributed by atoms with Gasteiger partial charge in [0.05, 0.1) is 23.2 Å². The lowest BCUT2D eigenvalue weighted by Crippen LogP contribution is -2.08. The molecule has 1 aromatic carbocycles. The lowest BCUT2D eigenvalue weighted by atomic mass is 10.1. The Kier molecular flexibility index (Phi) is 3.37. The van der Waals surface area contributed by atoms with E-state index in [1.807, 2.05) is 6.07 Å². The maximum Gasteiger partial charge on any atom is 0.146 e. The minimum absolute atomic E-state index is 0.125. The summed E-state index contributed by atoms with van der Waals surface area (Å²) in [5.41, 5.74) is 1.66. The van der Waals surface area contributed by atoms with Crippen molar-refractivity contribution in [2.75, 3.05) is 12.4 Å². The third-order valence-electron chi connectivity index (χ3n) is 3.35. The van der Waals surface area contributed by atoms with E-state index in [0.29, 0.717) is 11.4 Å². The number of nitrogens with one attached hydrogen (secondary N) is 1. The fraction of sp³-hybridized carbons (Fsp3) is 0.286. The maximum atomic E-state index is 13.8. The van der Waals surface area contributed by atoms with Crippen molar-refractivity contribution in [1.82, 2.24) is 0 Å². The van der Waals surface area contributed by atoms with E-state index in [0.717, 1.165) is 17.2 Å². The first-order chi connectivity index (χ1) is 9.17. The van der Waals surface area contributed by atoms with Crippen molar-refractivity contribution < 1.29 is 9.13 Å². The van der Waals surface area contributed by atoms with Gasteiger partial charge in [0.2, 0.25) is 0 Å². The molecule has 1 heterocycles. The molecule has 19 heavy (non-hydrogen) atoms. The fourth-order valence-electron chi connectivity index (χ4n) is 2.41. The molecular weight excluding hydrogens is 285 g/mol. The van der Waals surface area contributed by atoms with Gasteiger partial charge >= 0.3 is 0 Å².